The van der Waals surface area contributed by atoms with E-state index in [0.29, 0.717) is 0 Å². The van der Waals surface area contributed by atoms with Crippen molar-refractivity contribution in [3.05, 3.63) is 41.5 Å². The highest BCUT2D eigenvalue weighted by Gasteiger charge is 2.13. The van der Waals surface area contributed by atoms with Crippen LogP contribution in [-0.4, -0.2) is 20.4 Å². The van der Waals surface area contributed by atoms with Crippen molar-refractivity contribution in [2.45, 2.75) is 23.5 Å². The lowest BCUT2D eigenvalue weighted by atomic mass is 10.3. The topological polar surface area (TPSA) is 66.6 Å². The lowest BCUT2D eigenvalue weighted by molar-refractivity contribution is -0.114. The Hall–Kier alpha value is -1.83. The molecule has 2 N–H and O–H groups in total. The molecule has 0 aliphatic heterocycles. The third kappa shape index (κ3) is 2.94. The lowest BCUT2D eigenvalue weighted by Crippen LogP contribution is -2.05. The second-order valence-electron chi connectivity index (χ2n) is 4.38. The highest BCUT2D eigenvalue weighted by molar-refractivity contribution is 7.99. The summed E-state index contributed by atoms with van der Waals surface area (Å²) in [6.45, 7) is 1.43. The molecule has 0 unspecified atom stereocenters. The molecule has 2 aromatic heterocycles. The molecule has 108 valence electrons. The van der Waals surface area contributed by atoms with Crippen LogP contribution >= 0.6 is 23.1 Å². The first kappa shape index (κ1) is 14.1. The number of hydrogen-bond donors (Lipinski definition) is 2. The molecule has 0 bridgehead atoms. The molecule has 0 radical (unpaired) electrons. The first-order valence-corrected chi connectivity index (χ1v) is 7.98. The second kappa shape index (κ2) is 5.88. The average molecular weight is 319 g/mol. The molecule has 0 aliphatic carbocycles. The van der Waals surface area contributed by atoms with E-state index in [-0.39, 0.29) is 12.5 Å². The van der Waals surface area contributed by atoms with Crippen LogP contribution in [0.1, 0.15) is 12.6 Å². The van der Waals surface area contributed by atoms with E-state index in [4.69, 9.17) is 0 Å². The van der Waals surface area contributed by atoms with Crippen LogP contribution in [-0.2, 0) is 11.4 Å². The molecule has 0 saturated carbocycles. The second-order valence-corrected chi connectivity index (χ2v) is 6.32. The number of carbonyl (C=O) groups is 1. The highest BCUT2D eigenvalue weighted by atomic mass is 32.2. The number of imidazole rings is 1. The molecule has 0 fully saturated rings. The lowest BCUT2D eigenvalue weighted by Gasteiger charge is -2.04. The summed E-state index contributed by atoms with van der Waals surface area (Å²) in [7, 11) is 0. The van der Waals surface area contributed by atoms with Gasteiger partial charge in [0.25, 0.3) is 0 Å². The molecule has 0 aliphatic rings. The van der Waals surface area contributed by atoms with Crippen LogP contribution in [0.3, 0.4) is 0 Å². The van der Waals surface area contributed by atoms with Crippen molar-refractivity contribution in [1.82, 2.24) is 9.38 Å². The summed E-state index contributed by atoms with van der Waals surface area (Å²) >= 11 is 3.04. The number of nitrogens with one attached hydrogen (secondary N) is 1. The third-order valence-electron chi connectivity index (χ3n) is 2.86. The van der Waals surface area contributed by atoms with Gasteiger partial charge in [0.1, 0.15) is 5.03 Å². The number of thiazole rings is 1. The maximum Gasteiger partial charge on any atom is 0.221 e. The Morgan fingerprint density at radius 3 is 2.86 bits per heavy atom. The van der Waals surface area contributed by atoms with E-state index in [2.05, 4.69) is 10.3 Å². The van der Waals surface area contributed by atoms with Gasteiger partial charge in [-0.25, -0.2) is 4.98 Å². The maximum atomic E-state index is 11.0. The van der Waals surface area contributed by atoms with Gasteiger partial charge in [0, 0.05) is 29.1 Å². The van der Waals surface area contributed by atoms with Crippen LogP contribution in [0.2, 0.25) is 0 Å². The van der Waals surface area contributed by atoms with Crippen LogP contribution in [0, 0.1) is 0 Å². The standard InChI is InChI=1S/C14H13N3O2S2/c1-9(19)15-10-2-4-11(5-3-10)21-13-12(8-18)17-6-7-20-14(17)16-13/h2-7,18H,8H2,1H3,(H,15,19). The Morgan fingerprint density at radius 1 is 1.43 bits per heavy atom. The zero-order chi connectivity index (χ0) is 14.8. The number of aromatic nitrogens is 2. The van der Waals surface area contributed by atoms with Crippen molar-refractivity contribution < 1.29 is 9.90 Å². The molecular formula is C14H13N3O2S2. The predicted octanol–water partition coefficient (Wildman–Crippen LogP) is 3.00. The number of carbonyl (C=O) groups excluding carboxylic acids is 1. The number of aliphatic hydroxyl groups is 1. The van der Waals surface area contributed by atoms with Crippen LogP contribution in [0.4, 0.5) is 5.69 Å². The minimum atomic E-state index is -0.0905. The van der Waals surface area contributed by atoms with E-state index in [9.17, 15) is 9.90 Å². The summed E-state index contributed by atoms with van der Waals surface area (Å²) in [6.07, 6.45) is 1.91. The normalized spacial score (nSPS) is 11.0. The fourth-order valence-electron chi connectivity index (χ4n) is 1.96. The summed E-state index contributed by atoms with van der Waals surface area (Å²) in [5.41, 5.74) is 1.56. The van der Waals surface area contributed by atoms with E-state index in [1.54, 1.807) is 0 Å². The summed E-state index contributed by atoms with van der Waals surface area (Å²) in [4.78, 5) is 17.4. The summed E-state index contributed by atoms with van der Waals surface area (Å²) in [5.74, 6) is -0.0905. The quantitative estimate of drug-likeness (QED) is 0.776. The first-order valence-electron chi connectivity index (χ1n) is 6.28. The Balaban J connectivity index is 1.84. The van der Waals surface area contributed by atoms with Gasteiger partial charge in [-0.1, -0.05) is 11.8 Å². The number of rotatable bonds is 4. The number of hydrogen-bond acceptors (Lipinski definition) is 5. The molecule has 3 aromatic rings. The van der Waals surface area contributed by atoms with Crippen molar-refractivity contribution in [2.24, 2.45) is 0 Å². The van der Waals surface area contributed by atoms with Gasteiger partial charge >= 0.3 is 0 Å². The van der Waals surface area contributed by atoms with Crippen LogP contribution in [0.15, 0.2) is 45.8 Å². The number of amides is 1. The molecule has 3 rings (SSSR count). The van der Waals surface area contributed by atoms with Crippen LogP contribution < -0.4 is 5.32 Å². The van der Waals surface area contributed by atoms with Gasteiger partial charge in [0.2, 0.25) is 5.91 Å². The van der Waals surface area contributed by atoms with E-state index in [1.165, 1.54) is 30.0 Å². The molecule has 1 amide bonds. The average Bonchev–Trinajstić information content (AvgIpc) is 3.00. The fraction of sp³-hybridized carbons (Fsp3) is 0.143. The molecule has 0 saturated heterocycles. The first-order chi connectivity index (χ1) is 10.2. The van der Waals surface area contributed by atoms with Gasteiger partial charge in [-0.2, -0.15) is 0 Å². The van der Waals surface area contributed by atoms with Crippen LogP contribution in [0.25, 0.3) is 4.96 Å². The number of nitrogens with zero attached hydrogens (tertiary/aromatic N) is 2. The van der Waals surface area contributed by atoms with Crippen molar-refractivity contribution in [1.29, 1.82) is 0 Å². The maximum absolute atomic E-state index is 11.0. The third-order valence-corrected chi connectivity index (χ3v) is 4.65. The molecule has 1 aromatic carbocycles. The molecule has 0 spiro atoms. The predicted molar refractivity (Wildman–Crippen MR) is 83.9 cm³/mol. The van der Waals surface area contributed by atoms with Crippen molar-refractivity contribution in [3.8, 4) is 0 Å². The van der Waals surface area contributed by atoms with Crippen LogP contribution in [0.5, 0.6) is 0 Å². The van der Waals surface area contributed by atoms with Gasteiger partial charge < -0.3 is 10.4 Å². The number of aliphatic hydroxyl groups excluding tert-OH is 1. The Kier molecular flexibility index (Phi) is 3.96. The molecule has 7 heteroatoms. The summed E-state index contributed by atoms with van der Waals surface area (Å²) in [5, 5.41) is 15.0. The number of benzene rings is 1. The molecular weight excluding hydrogens is 306 g/mol. The number of fused-ring (bicyclic) bond motifs is 1. The summed E-state index contributed by atoms with van der Waals surface area (Å²) < 4.78 is 1.90. The fourth-order valence-corrected chi connectivity index (χ4v) is 3.66. The minimum absolute atomic E-state index is 0.0514. The van der Waals surface area contributed by atoms with Crippen molar-refractivity contribution in [2.75, 3.05) is 5.32 Å². The molecule has 0 atom stereocenters. The monoisotopic (exact) mass is 319 g/mol. The highest BCUT2D eigenvalue weighted by Crippen LogP contribution is 2.32. The van der Waals surface area contributed by atoms with E-state index >= 15 is 0 Å². The zero-order valence-corrected chi connectivity index (χ0v) is 12.9. The Labute approximate surface area is 129 Å². The molecule has 2 heterocycles. The Morgan fingerprint density at radius 2 is 2.19 bits per heavy atom. The van der Waals surface area contributed by atoms with Gasteiger partial charge in [-0.3, -0.25) is 9.20 Å². The largest absolute Gasteiger partial charge is 0.390 e. The van der Waals surface area contributed by atoms with Gasteiger partial charge in [-0.15, -0.1) is 11.3 Å². The van der Waals surface area contributed by atoms with Gasteiger partial charge in [0.15, 0.2) is 4.96 Å². The zero-order valence-electron chi connectivity index (χ0n) is 11.2. The van der Waals surface area contributed by atoms with E-state index in [0.717, 1.165) is 26.3 Å². The molecule has 21 heavy (non-hydrogen) atoms. The summed E-state index contributed by atoms with van der Waals surface area (Å²) in [6, 6.07) is 7.54. The van der Waals surface area contributed by atoms with E-state index in [1.807, 2.05) is 40.2 Å². The van der Waals surface area contributed by atoms with E-state index < -0.39 is 0 Å². The van der Waals surface area contributed by atoms with Gasteiger partial charge in [0.05, 0.1) is 12.3 Å². The number of anilines is 1. The molecule has 5 nitrogen and oxygen atoms in total. The minimum Gasteiger partial charge on any atom is -0.390 e. The van der Waals surface area contributed by atoms with Crippen molar-refractivity contribution in [3.63, 3.8) is 0 Å². The smallest absolute Gasteiger partial charge is 0.221 e. The Bertz CT molecular complexity index is 777. The van der Waals surface area contributed by atoms with Crippen molar-refractivity contribution >= 4 is 39.7 Å². The van der Waals surface area contributed by atoms with Gasteiger partial charge in [-0.05, 0) is 24.3 Å². The SMILES string of the molecule is CC(=O)Nc1ccc(Sc2nc3sccn3c2CO)cc1.